The largest absolute Gasteiger partial charge is 0.376 e. The summed E-state index contributed by atoms with van der Waals surface area (Å²) in [6.07, 6.45) is 0. The highest BCUT2D eigenvalue weighted by Crippen LogP contribution is 2.24. The smallest absolute Gasteiger partial charge is 0.191 e. The summed E-state index contributed by atoms with van der Waals surface area (Å²) in [5.41, 5.74) is 3.50. The monoisotopic (exact) mass is 373 g/mol. The second-order valence-corrected chi connectivity index (χ2v) is 6.76. The van der Waals surface area contributed by atoms with Gasteiger partial charge >= 0.3 is 0 Å². The molecule has 3 rings (SSSR count). The Kier molecular flexibility index (Phi) is 6.40. The topological polar surface area (TPSA) is 45.7 Å². The molecule has 2 N–H and O–H groups in total. The first-order chi connectivity index (χ1) is 13.1. The van der Waals surface area contributed by atoms with Crippen molar-refractivity contribution in [2.75, 3.05) is 26.2 Å². The maximum absolute atomic E-state index is 13.8. The summed E-state index contributed by atoms with van der Waals surface area (Å²) in [5.74, 6) is -0.347. The van der Waals surface area contributed by atoms with E-state index in [0.29, 0.717) is 13.2 Å². The maximum atomic E-state index is 13.8. The number of halogens is 2. The number of hydrogen-bond donors (Lipinski definition) is 2. The Morgan fingerprint density at radius 1 is 1.11 bits per heavy atom. The lowest BCUT2D eigenvalue weighted by Gasteiger charge is -2.23. The molecule has 0 saturated heterocycles. The van der Waals surface area contributed by atoms with Crippen molar-refractivity contribution in [3.63, 3.8) is 0 Å². The molecular weight excluding hydrogens is 348 g/mol. The Morgan fingerprint density at radius 3 is 2.41 bits per heavy atom. The molecule has 144 valence electrons. The molecule has 0 spiro atoms. The fourth-order valence-corrected chi connectivity index (χ4v) is 3.43. The maximum Gasteiger partial charge on any atom is 0.191 e. The zero-order valence-corrected chi connectivity index (χ0v) is 15.7. The van der Waals surface area contributed by atoms with Crippen LogP contribution in [0.3, 0.4) is 0 Å². The van der Waals surface area contributed by atoms with E-state index in [9.17, 15) is 8.78 Å². The summed E-state index contributed by atoms with van der Waals surface area (Å²) < 4.78 is 33.4. The number of aryl methyl sites for hydroxylation is 2. The normalized spacial score (nSPS) is 14.6. The molecule has 0 aromatic heterocycles. The molecule has 1 atom stereocenters. The molecule has 1 unspecified atom stereocenters. The number of ether oxygens (including phenoxy) is 1. The van der Waals surface area contributed by atoms with Crippen LogP contribution in [0.2, 0.25) is 0 Å². The summed E-state index contributed by atoms with van der Waals surface area (Å²) in [6, 6.07) is 10.0. The molecule has 0 fully saturated rings. The summed E-state index contributed by atoms with van der Waals surface area (Å²) in [7, 11) is 0. The second-order valence-electron chi connectivity index (χ2n) is 6.76. The van der Waals surface area contributed by atoms with Crippen molar-refractivity contribution in [1.82, 2.24) is 10.6 Å². The second kappa shape index (κ2) is 8.95. The Morgan fingerprint density at radius 2 is 1.78 bits per heavy atom. The first-order valence-electron chi connectivity index (χ1n) is 9.15. The van der Waals surface area contributed by atoms with Gasteiger partial charge in [-0.05, 0) is 42.7 Å². The van der Waals surface area contributed by atoms with E-state index in [4.69, 9.17) is 4.74 Å². The van der Waals surface area contributed by atoms with E-state index >= 15 is 0 Å². The van der Waals surface area contributed by atoms with Crippen LogP contribution < -0.4 is 10.6 Å². The fraction of sp³-hybridized carbons (Fsp3) is 0.381. The van der Waals surface area contributed by atoms with Crippen molar-refractivity contribution in [2.24, 2.45) is 4.99 Å². The number of nitrogens with zero attached hydrogens (tertiary/aromatic N) is 1. The third kappa shape index (κ3) is 4.83. The van der Waals surface area contributed by atoms with Gasteiger partial charge in [-0.3, -0.25) is 4.99 Å². The summed E-state index contributed by atoms with van der Waals surface area (Å²) in [4.78, 5) is 4.35. The van der Waals surface area contributed by atoms with E-state index in [1.165, 1.54) is 34.9 Å². The zero-order chi connectivity index (χ0) is 19.2. The van der Waals surface area contributed by atoms with Crippen LogP contribution >= 0.6 is 0 Å². The molecule has 2 aromatic carbocycles. The molecule has 4 nitrogen and oxygen atoms in total. The van der Waals surface area contributed by atoms with Crippen molar-refractivity contribution >= 4 is 5.96 Å². The molecule has 0 amide bonds. The predicted octanol–water partition coefficient (Wildman–Crippen LogP) is 3.43. The average molecular weight is 373 g/mol. The third-order valence-electron chi connectivity index (χ3n) is 4.77. The Hall–Kier alpha value is -2.47. The first kappa shape index (κ1) is 19.3. The van der Waals surface area contributed by atoms with Crippen LogP contribution in [0.1, 0.15) is 28.2 Å². The van der Waals surface area contributed by atoms with E-state index in [1.807, 2.05) is 6.07 Å². The Labute approximate surface area is 158 Å². The third-order valence-corrected chi connectivity index (χ3v) is 4.77. The van der Waals surface area contributed by atoms with Gasteiger partial charge in [0.15, 0.2) is 5.96 Å². The molecule has 1 aliphatic heterocycles. The van der Waals surface area contributed by atoms with E-state index in [1.54, 1.807) is 0 Å². The van der Waals surface area contributed by atoms with Crippen LogP contribution in [-0.2, 0) is 11.3 Å². The van der Waals surface area contributed by atoms with Gasteiger partial charge in [-0.1, -0.05) is 24.3 Å². The zero-order valence-electron chi connectivity index (χ0n) is 15.7. The molecule has 0 aliphatic carbocycles. The lowest BCUT2D eigenvalue weighted by Crippen LogP contribution is -2.37. The van der Waals surface area contributed by atoms with Crippen LogP contribution in [0.4, 0.5) is 8.78 Å². The van der Waals surface area contributed by atoms with Gasteiger partial charge in [0.05, 0.1) is 19.8 Å². The number of hydrogen-bond acceptors (Lipinski definition) is 4. The minimum Gasteiger partial charge on any atom is -0.376 e. The lowest BCUT2D eigenvalue weighted by atomic mass is 9.91. The molecule has 27 heavy (non-hydrogen) atoms. The number of aliphatic imine (C=N–C) groups is 1. The summed E-state index contributed by atoms with van der Waals surface area (Å²) in [5, 5.41) is 6.51. The van der Waals surface area contributed by atoms with E-state index < -0.39 is 11.6 Å². The van der Waals surface area contributed by atoms with Crippen LogP contribution in [-0.4, -0.2) is 32.2 Å². The minimum atomic E-state index is -0.582. The van der Waals surface area contributed by atoms with E-state index in [2.05, 4.69) is 41.6 Å². The molecule has 2 aromatic rings. The highest BCUT2D eigenvalue weighted by molar-refractivity contribution is 5.81. The molecule has 1 aliphatic rings. The van der Waals surface area contributed by atoms with E-state index in [-0.39, 0.29) is 18.1 Å². The van der Waals surface area contributed by atoms with E-state index in [0.717, 1.165) is 19.0 Å². The predicted molar refractivity (Wildman–Crippen MR) is 103 cm³/mol. The van der Waals surface area contributed by atoms with Crippen LogP contribution in [0.15, 0.2) is 41.4 Å². The van der Waals surface area contributed by atoms with Crippen molar-refractivity contribution in [3.05, 3.63) is 70.3 Å². The molecule has 0 bridgehead atoms. The quantitative estimate of drug-likeness (QED) is 0.782. The molecule has 1 heterocycles. The SMILES string of the molecule is Cc1cccc(C)c1C(CNC1=NCCN1)COCc1c(F)cccc1F. The Bertz CT molecular complexity index is 783. The van der Waals surface area contributed by atoms with Gasteiger partial charge in [0.2, 0.25) is 0 Å². The fourth-order valence-electron chi connectivity index (χ4n) is 3.43. The van der Waals surface area contributed by atoms with Crippen molar-refractivity contribution in [3.8, 4) is 0 Å². The van der Waals surface area contributed by atoms with Crippen molar-refractivity contribution in [1.29, 1.82) is 0 Å². The molecule has 0 radical (unpaired) electrons. The highest BCUT2D eigenvalue weighted by Gasteiger charge is 2.19. The van der Waals surface area contributed by atoms with Gasteiger partial charge in [-0.15, -0.1) is 0 Å². The van der Waals surface area contributed by atoms with Crippen LogP contribution in [0, 0.1) is 25.5 Å². The molecule has 0 saturated carbocycles. The van der Waals surface area contributed by atoms with Crippen molar-refractivity contribution in [2.45, 2.75) is 26.4 Å². The lowest BCUT2D eigenvalue weighted by molar-refractivity contribution is 0.102. The van der Waals surface area contributed by atoms with Crippen LogP contribution in [0.5, 0.6) is 0 Å². The summed E-state index contributed by atoms with van der Waals surface area (Å²) >= 11 is 0. The van der Waals surface area contributed by atoms with Gasteiger partial charge < -0.3 is 15.4 Å². The van der Waals surface area contributed by atoms with Gasteiger partial charge in [0.1, 0.15) is 11.6 Å². The number of nitrogens with one attached hydrogen (secondary N) is 2. The first-order valence-corrected chi connectivity index (χ1v) is 9.15. The highest BCUT2D eigenvalue weighted by atomic mass is 19.1. The van der Waals surface area contributed by atoms with Gasteiger partial charge in [-0.2, -0.15) is 0 Å². The van der Waals surface area contributed by atoms with Crippen LogP contribution in [0.25, 0.3) is 0 Å². The number of guanidine groups is 1. The van der Waals surface area contributed by atoms with Gasteiger partial charge in [0.25, 0.3) is 0 Å². The Balaban J connectivity index is 1.71. The van der Waals surface area contributed by atoms with Gasteiger partial charge in [0, 0.05) is 24.6 Å². The minimum absolute atomic E-state index is 0.0335. The number of benzene rings is 2. The summed E-state index contributed by atoms with van der Waals surface area (Å²) in [6.45, 7) is 6.60. The average Bonchev–Trinajstić information content (AvgIpc) is 3.15. The number of rotatable bonds is 7. The van der Waals surface area contributed by atoms with Crippen molar-refractivity contribution < 1.29 is 13.5 Å². The molecule has 6 heteroatoms. The standard InChI is InChI=1S/C21H25F2N3O/c1-14-5-3-6-15(2)20(14)16(11-26-21-24-9-10-25-21)12-27-13-17-18(22)7-4-8-19(17)23/h3-8,16H,9-13H2,1-2H3,(H2,24,25,26). The molecular formula is C21H25F2N3O. The van der Waals surface area contributed by atoms with Gasteiger partial charge in [-0.25, -0.2) is 8.78 Å².